The third-order valence-electron chi connectivity index (χ3n) is 3.69. The first-order valence-electron chi connectivity index (χ1n) is 7.10. The van der Waals surface area contributed by atoms with Crippen molar-refractivity contribution in [3.63, 3.8) is 0 Å². The van der Waals surface area contributed by atoms with Crippen LogP contribution in [-0.4, -0.2) is 22.3 Å². The minimum Gasteiger partial charge on any atom is -0.309 e. The van der Waals surface area contributed by atoms with Gasteiger partial charge in [-0.1, -0.05) is 25.1 Å². The van der Waals surface area contributed by atoms with Gasteiger partial charge in [0.1, 0.15) is 6.33 Å². The summed E-state index contributed by atoms with van der Waals surface area (Å²) in [7, 11) is 0. The molecule has 3 nitrogen and oxygen atoms in total. The highest BCUT2D eigenvalue weighted by Crippen LogP contribution is 2.45. The Bertz CT molecular complexity index is 559. The van der Waals surface area contributed by atoms with E-state index < -0.39 is 0 Å². The van der Waals surface area contributed by atoms with Crippen molar-refractivity contribution in [2.75, 3.05) is 12.3 Å². The number of nitrogens with zero attached hydrogens (tertiary/aromatic N) is 2. The number of nitrogens with one attached hydrogen (secondary N) is 1. The molecule has 1 aliphatic heterocycles. The quantitative estimate of drug-likeness (QED) is 0.913. The first kappa shape index (κ1) is 13.6. The predicted octanol–water partition coefficient (Wildman–Crippen LogP) is 3.41. The molecule has 2 heterocycles. The molecule has 0 spiro atoms. The van der Waals surface area contributed by atoms with Crippen LogP contribution in [0.2, 0.25) is 0 Å². The summed E-state index contributed by atoms with van der Waals surface area (Å²) in [6, 6.07) is 9.03. The van der Waals surface area contributed by atoms with Crippen LogP contribution in [0.4, 0.5) is 0 Å². The average Bonchev–Trinajstić information content (AvgIpc) is 2.93. The van der Waals surface area contributed by atoms with Gasteiger partial charge in [-0.05, 0) is 24.6 Å². The summed E-state index contributed by atoms with van der Waals surface area (Å²) in [6.07, 6.45) is 6.60. The van der Waals surface area contributed by atoms with Crippen LogP contribution in [0.15, 0.2) is 47.9 Å². The fraction of sp³-hybridized carbons (Fsp3) is 0.375. The highest BCUT2D eigenvalue weighted by molar-refractivity contribution is 7.99. The summed E-state index contributed by atoms with van der Waals surface area (Å²) in [5.41, 5.74) is 2.64. The Morgan fingerprint density at radius 2 is 2.10 bits per heavy atom. The van der Waals surface area contributed by atoms with Crippen LogP contribution in [0.25, 0.3) is 0 Å². The molecule has 1 aliphatic rings. The number of thioether (sulfide) groups is 1. The lowest BCUT2D eigenvalue weighted by Gasteiger charge is -2.25. The smallest absolute Gasteiger partial charge is 0.115 e. The second-order valence-corrected chi connectivity index (χ2v) is 6.12. The summed E-state index contributed by atoms with van der Waals surface area (Å²) in [5.74, 6) is 1.61. The highest BCUT2D eigenvalue weighted by Gasteiger charge is 2.31. The van der Waals surface area contributed by atoms with Gasteiger partial charge >= 0.3 is 0 Å². The van der Waals surface area contributed by atoms with Crippen molar-refractivity contribution in [2.24, 2.45) is 0 Å². The number of hydrogen-bond donors (Lipinski definition) is 1. The lowest BCUT2D eigenvalue weighted by molar-refractivity contribution is 0.469. The van der Waals surface area contributed by atoms with Crippen LogP contribution >= 0.6 is 11.8 Å². The van der Waals surface area contributed by atoms with Gasteiger partial charge in [0.15, 0.2) is 0 Å². The Labute approximate surface area is 124 Å². The van der Waals surface area contributed by atoms with Crippen LogP contribution in [0.5, 0.6) is 0 Å². The lowest BCUT2D eigenvalue weighted by Crippen LogP contribution is -2.28. The second kappa shape index (κ2) is 6.37. The van der Waals surface area contributed by atoms with E-state index in [0.717, 1.165) is 18.7 Å². The van der Waals surface area contributed by atoms with Crippen molar-refractivity contribution >= 4 is 11.8 Å². The molecule has 2 aromatic rings. The molecular formula is C16H19N3S. The van der Waals surface area contributed by atoms with E-state index in [-0.39, 0.29) is 0 Å². The average molecular weight is 285 g/mol. The van der Waals surface area contributed by atoms with E-state index in [1.807, 2.05) is 24.2 Å². The maximum absolute atomic E-state index is 4.18. The molecule has 0 bridgehead atoms. The fourth-order valence-electron chi connectivity index (χ4n) is 2.73. The van der Waals surface area contributed by atoms with E-state index in [4.69, 9.17) is 0 Å². The Morgan fingerprint density at radius 1 is 1.30 bits per heavy atom. The zero-order chi connectivity index (χ0) is 13.8. The topological polar surface area (TPSA) is 37.8 Å². The van der Waals surface area contributed by atoms with Gasteiger partial charge in [-0.15, -0.1) is 11.8 Å². The largest absolute Gasteiger partial charge is 0.309 e. The van der Waals surface area contributed by atoms with Gasteiger partial charge < -0.3 is 5.32 Å². The fourth-order valence-corrected chi connectivity index (χ4v) is 4.02. The zero-order valence-corrected chi connectivity index (χ0v) is 12.4. The molecule has 2 unspecified atom stereocenters. The molecule has 0 saturated carbocycles. The zero-order valence-electron chi connectivity index (χ0n) is 11.6. The lowest BCUT2D eigenvalue weighted by atomic mass is 9.89. The Balaban J connectivity index is 1.91. The predicted molar refractivity (Wildman–Crippen MR) is 83.0 cm³/mol. The van der Waals surface area contributed by atoms with Gasteiger partial charge in [0.2, 0.25) is 0 Å². The van der Waals surface area contributed by atoms with Gasteiger partial charge in [0, 0.05) is 40.6 Å². The minimum absolute atomic E-state index is 0.298. The molecule has 1 aromatic heterocycles. The molecule has 1 N–H and O–H groups in total. The van der Waals surface area contributed by atoms with E-state index in [2.05, 4.69) is 46.5 Å². The van der Waals surface area contributed by atoms with Crippen molar-refractivity contribution in [1.29, 1.82) is 0 Å². The monoisotopic (exact) mass is 285 g/mol. The Kier molecular flexibility index (Phi) is 4.33. The highest BCUT2D eigenvalue weighted by atomic mass is 32.2. The molecule has 104 valence electrons. The van der Waals surface area contributed by atoms with Crippen LogP contribution in [0, 0.1) is 0 Å². The van der Waals surface area contributed by atoms with E-state index in [9.17, 15) is 0 Å². The van der Waals surface area contributed by atoms with Gasteiger partial charge in [-0.25, -0.2) is 9.97 Å². The number of aromatic nitrogens is 2. The van der Waals surface area contributed by atoms with Gasteiger partial charge in [-0.2, -0.15) is 0 Å². The Hall–Kier alpha value is -1.39. The van der Waals surface area contributed by atoms with Gasteiger partial charge in [0.05, 0.1) is 0 Å². The van der Waals surface area contributed by atoms with Gasteiger partial charge in [-0.3, -0.25) is 0 Å². The Morgan fingerprint density at radius 3 is 2.90 bits per heavy atom. The van der Waals surface area contributed by atoms with Crippen LogP contribution in [0.3, 0.4) is 0 Å². The first-order chi connectivity index (χ1) is 9.90. The standard InChI is InChI=1S/C16H19N3S/c1-2-7-19-16(12-8-17-11-18-9-12)14-10-20-15-6-4-3-5-13(14)15/h3-6,8-9,11,14,16,19H,2,7,10H2,1H3. The third kappa shape index (κ3) is 2.72. The molecular weight excluding hydrogens is 266 g/mol. The molecule has 20 heavy (non-hydrogen) atoms. The minimum atomic E-state index is 0.298. The van der Waals surface area contributed by atoms with Crippen LogP contribution in [0.1, 0.15) is 36.4 Å². The SMILES string of the molecule is CCCNC(c1cncnc1)C1CSc2ccccc21. The van der Waals surface area contributed by atoms with Crippen molar-refractivity contribution in [3.05, 3.63) is 54.1 Å². The van der Waals surface area contributed by atoms with Gasteiger partial charge in [0.25, 0.3) is 0 Å². The normalized spacial score (nSPS) is 18.8. The molecule has 0 fully saturated rings. The summed E-state index contributed by atoms with van der Waals surface area (Å²) in [5, 5.41) is 3.68. The summed E-state index contributed by atoms with van der Waals surface area (Å²) in [4.78, 5) is 9.78. The first-order valence-corrected chi connectivity index (χ1v) is 8.08. The third-order valence-corrected chi connectivity index (χ3v) is 4.90. The number of hydrogen-bond acceptors (Lipinski definition) is 4. The molecule has 4 heteroatoms. The van der Waals surface area contributed by atoms with Crippen molar-refractivity contribution in [1.82, 2.24) is 15.3 Å². The maximum Gasteiger partial charge on any atom is 0.115 e. The summed E-state index contributed by atoms with van der Waals surface area (Å²) in [6.45, 7) is 3.21. The maximum atomic E-state index is 4.18. The number of rotatable bonds is 5. The molecule has 0 saturated heterocycles. The summed E-state index contributed by atoms with van der Waals surface area (Å²) < 4.78 is 0. The summed E-state index contributed by atoms with van der Waals surface area (Å²) >= 11 is 1.95. The molecule has 3 rings (SSSR count). The molecule has 0 radical (unpaired) electrons. The number of fused-ring (bicyclic) bond motifs is 1. The van der Waals surface area contributed by atoms with Crippen LogP contribution in [-0.2, 0) is 0 Å². The van der Waals surface area contributed by atoms with Crippen molar-refractivity contribution < 1.29 is 0 Å². The molecule has 1 aromatic carbocycles. The van der Waals surface area contributed by atoms with Crippen molar-refractivity contribution in [3.8, 4) is 0 Å². The number of benzene rings is 1. The van der Waals surface area contributed by atoms with Crippen molar-refractivity contribution in [2.45, 2.75) is 30.2 Å². The van der Waals surface area contributed by atoms with E-state index >= 15 is 0 Å². The molecule has 0 amide bonds. The van der Waals surface area contributed by atoms with E-state index in [0.29, 0.717) is 12.0 Å². The van der Waals surface area contributed by atoms with E-state index in [1.54, 1.807) is 6.33 Å². The van der Waals surface area contributed by atoms with Crippen LogP contribution < -0.4 is 5.32 Å². The second-order valence-electron chi connectivity index (χ2n) is 5.06. The molecule has 0 aliphatic carbocycles. The molecule has 2 atom stereocenters. The van der Waals surface area contributed by atoms with E-state index in [1.165, 1.54) is 16.0 Å².